The molecule has 11 rings (SSSR count). The van der Waals surface area contributed by atoms with Crippen molar-refractivity contribution in [1.29, 1.82) is 0 Å². The Bertz CT molecular complexity index is 2590. The summed E-state index contributed by atoms with van der Waals surface area (Å²) in [5.41, 5.74) is 12.7. The van der Waals surface area contributed by atoms with E-state index in [-0.39, 0.29) is 0 Å². The summed E-state index contributed by atoms with van der Waals surface area (Å²) in [6.07, 6.45) is 54.8. The Balaban J connectivity index is 1.09. The second-order valence-corrected chi connectivity index (χ2v) is 16.1. The third kappa shape index (κ3) is 5.12. The van der Waals surface area contributed by atoms with Crippen LogP contribution >= 0.6 is 0 Å². The van der Waals surface area contributed by atoms with Crippen LogP contribution in [-0.4, -0.2) is 4.57 Å². The molecule has 0 saturated carbocycles. The van der Waals surface area contributed by atoms with Crippen LogP contribution in [-0.2, 0) is 6.42 Å². The van der Waals surface area contributed by atoms with Gasteiger partial charge in [-0.3, -0.25) is 0 Å². The van der Waals surface area contributed by atoms with Crippen molar-refractivity contribution in [3.05, 3.63) is 191 Å². The van der Waals surface area contributed by atoms with Gasteiger partial charge >= 0.3 is 0 Å². The maximum absolute atomic E-state index is 2.56. The highest BCUT2D eigenvalue weighted by Gasteiger charge is 2.32. The SMILES string of the molecule is C1=CCC(C2C=Cc3c([C@H]4C=CC=C5CCC=CC54)cc4ccc5c(c6ccccc6n5C5=CC6C=CC(C7=CCCC=C7)=CC6C=C5)c4c3C2)C=C1. The zero-order valence-corrected chi connectivity index (χ0v) is 30.2. The Morgan fingerprint density at radius 1 is 0.623 bits per heavy atom. The van der Waals surface area contributed by atoms with Crippen molar-refractivity contribution in [2.45, 2.75) is 44.4 Å². The summed E-state index contributed by atoms with van der Waals surface area (Å²) >= 11 is 0. The lowest BCUT2D eigenvalue weighted by Gasteiger charge is -2.34. The van der Waals surface area contributed by atoms with Crippen molar-refractivity contribution >= 4 is 44.4 Å². The molecule has 53 heavy (non-hydrogen) atoms. The van der Waals surface area contributed by atoms with Gasteiger partial charge in [0.1, 0.15) is 0 Å². The minimum absolute atomic E-state index is 0.346. The molecule has 0 aliphatic heterocycles. The molecule has 1 heteroatoms. The van der Waals surface area contributed by atoms with Gasteiger partial charge in [0.05, 0.1) is 11.0 Å². The van der Waals surface area contributed by atoms with Gasteiger partial charge in [0.2, 0.25) is 0 Å². The van der Waals surface area contributed by atoms with Crippen LogP contribution < -0.4 is 0 Å². The fourth-order valence-corrected chi connectivity index (χ4v) is 10.5. The van der Waals surface area contributed by atoms with Gasteiger partial charge in [-0.1, -0.05) is 145 Å². The minimum Gasteiger partial charge on any atom is -0.310 e. The normalized spacial score (nSPS) is 28.2. The topological polar surface area (TPSA) is 4.93 Å². The van der Waals surface area contributed by atoms with Crippen LogP contribution in [0.15, 0.2) is 175 Å². The van der Waals surface area contributed by atoms with Crippen molar-refractivity contribution in [2.24, 2.45) is 29.6 Å². The zero-order chi connectivity index (χ0) is 34.9. The van der Waals surface area contributed by atoms with Gasteiger partial charge in [-0.15, -0.1) is 0 Å². The van der Waals surface area contributed by atoms with Crippen molar-refractivity contribution in [1.82, 2.24) is 4.57 Å². The number of allylic oxidation sites excluding steroid dienone is 23. The molecule has 0 spiro atoms. The molecule has 4 aromatic rings. The first-order valence-electron chi connectivity index (χ1n) is 20.0. The molecule has 6 atom stereocenters. The number of aromatic nitrogens is 1. The minimum atomic E-state index is 0.346. The molecule has 7 aliphatic carbocycles. The number of nitrogens with zero attached hydrogens (tertiary/aromatic N) is 1. The molecule has 0 saturated heterocycles. The Labute approximate surface area is 313 Å². The lowest BCUT2D eigenvalue weighted by Crippen LogP contribution is -2.21. The second-order valence-electron chi connectivity index (χ2n) is 16.1. The monoisotopic (exact) mass is 683 g/mol. The van der Waals surface area contributed by atoms with Crippen molar-refractivity contribution < 1.29 is 0 Å². The van der Waals surface area contributed by atoms with E-state index in [9.17, 15) is 0 Å². The summed E-state index contributed by atoms with van der Waals surface area (Å²) < 4.78 is 2.55. The molecule has 3 aromatic carbocycles. The molecule has 0 N–H and O–H groups in total. The van der Waals surface area contributed by atoms with E-state index in [1.807, 2.05) is 0 Å². The first-order valence-corrected chi connectivity index (χ1v) is 20.0. The number of hydrogen-bond acceptors (Lipinski definition) is 0. The fraction of sp³-hybridized carbons (Fsp3) is 0.231. The van der Waals surface area contributed by atoms with Crippen LogP contribution in [0.4, 0.5) is 0 Å². The molecular weight excluding hydrogens is 639 g/mol. The number of rotatable bonds is 4. The number of fused-ring (bicyclic) bond motifs is 9. The van der Waals surface area contributed by atoms with Crippen molar-refractivity contribution in [2.75, 3.05) is 0 Å². The smallest absolute Gasteiger partial charge is 0.0547 e. The highest BCUT2D eigenvalue weighted by atomic mass is 15.0. The molecule has 0 fully saturated rings. The summed E-state index contributed by atoms with van der Waals surface area (Å²) in [6, 6.07) is 16.6. The maximum Gasteiger partial charge on any atom is 0.0547 e. The van der Waals surface area contributed by atoms with Gasteiger partial charge in [0, 0.05) is 40.1 Å². The van der Waals surface area contributed by atoms with Gasteiger partial charge in [-0.25, -0.2) is 0 Å². The van der Waals surface area contributed by atoms with Crippen LogP contribution in [0.2, 0.25) is 0 Å². The lowest BCUT2D eigenvalue weighted by molar-refractivity contribution is 0.472. The molecule has 258 valence electrons. The molecule has 0 bridgehead atoms. The second kappa shape index (κ2) is 12.6. The Kier molecular flexibility index (Phi) is 7.42. The average Bonchev–Trinajstić information content (AvgIpc) is 3.57. The van der Waals surface area contributed by atoms with Crippen LogP contribution in [0.3, 0.4) is 0 Å². The first kappa shape index (κ1) is 31.2. The summed E-state index contributed by atoms with van der Waals surface area (Å²) in [7, 11) is 0. The van der Waals surface area contributed by atoms with E-state index in [4.69, 9.17) is 0 Å². The Morgan fingerprint density at radius 3 is 2.49 bits per heavy atom. The van der Waals surface area contributed by atoms with E-state index >= 15 is 0 Å². The average molecular weight is 684 g/mol. The Hall–Kier alpha value is -5.40. The van der Waals surface area contributed by atoms with Crippen molar-refractivity contribution in [3.8, 4) is 0 Å². The number of benzene rings is 3. The number of para-hydroxylation sites is 1. The fourth-order valence-electron chi connectivity index (χ4n) is 10.5. The van der Waals surface area contributed by atoms with E-state index in [0.717, 1.165) is 32.1 Å². The van der Waals surface area contributed by atoms with E-state index < -0.39 is 0 Å². The quantitative estimate of drug-likeness (QED) is 0.189. The van der Waals surface area contributed by atoms with E-state index in [0.29, 0.717) is 35.5 Å². The van der Waals surface area contributed by atoms with Gasteiger partial charge in [-0.05, 0) is 113 Å². The van der Waals surface area contributed by atoms with Crippen LogP contribution in [0.5, 0.6) is 0 Å². The predicted octanol–water partition coefficient (Wildman–Crippen LogP) is 13.2. The molecule has 1 heterocycles. The number of hydrogen-bond donors (Lipinski definition) is 0. The standard InChI is InChI=1S/C52H45N/c1-3-12-34(13-4-1)37-22-23-39-31-42(27-24-38(39)30-37)53-49-21-10-9-19-46(49)52-50(53)29-26-41-33-47(44-20-11-17-36-16-7-8-18-43(36)44)45-28-25-40(32-48(45)51(41)52)35-14-5-2-6-15-35/h2-3,5-6,8-14,17-31,33,35,38-40,43-44H,1,4,7,15-16,32H2/t35?,38?,39?,40?,43?,44-/m0/s1. The molecule has 1 aromatic heterocycles. The van der Waals surface area contributed by atoms with E-state index in [1.54, 1.807) is 5.57 Å². The van der Waals surface area contributed by atoms with Gasteiger partial charge in [0.15, 0.2) is 0 Å². The third-order valence-corrected chi connectivity index (χ3v) is 13.1. The highest BCUT2D eigenvalue weighted by Crippen LogP contribution is 2.48. The lowest BCUT2D eigenvalue weighted by atomic mass is 9.70. The maximum atomic E-state index is 2.56. The molecule has 0 radical (unpaired) electrons. The van der Waals surface area contributed by atoms with Crippen LogP contribution in [0.25, 0.3) is 44.4 Å². The third-order valence-electron chi connectivity index (χ3n) is 13.1. The van der Waals surface area contributed by atoms with Gasteiger partial charge in [0.25, 0.3) is 0 Å². The molecule has 1 nitrogen and oxygen atoms in total. The van der Waals surface area contributed by atoms with Gasteiger partial charge in [-0.2, -0.15) is 0 Å². The largest absolute Gasteiger partial charge is 0.310 e. The summed E-state index contributed by atoms with van der Waals surface area (Å²) in [5.74, 6) is 2.54. The summed E-state index contributed by atoms with van der Waals surface area (Å²) in [6.45, 7) is 0. The molecule has 5 unspecified atom stereocenters. The summed E-state index contributed by atoms with van der Waals surface area (Å²) in [5, 5.41) is 5.58. The Morgan fingerprint density at radius 2 is 1.57 bits per heavy atom. The molecule has 0 amide bonds. The predicted molar refractivity (Wildman–Crippen MR) is 225 cm³/mol. The first-order chi connectivity index (χ1) is 26.3. The van der Waals surface area contributed by atoms with E-state index in [1.165, 1.54) is 72.5 Å². The van der Waals surface area contributed by atoms with Gasteiger partial charge < -0.3 is 4.57 Å². The zero-order valence-electron chi connectivity index (χ0n) is 30.2. The van der Waals surface area contributed by atoms with Crippen LogP contribution in [0.1, 0.15) is 54.7 Å². The highest BCUT2D eigenvalue weighted by molar-refractivity contribution is 6.23. The molecule has 7 aliphatic rings. The van der Waals surface area contributed by atoms with Crippen molar-refractivity contribution in [3.63, 3.8) is 0 Å². The van der Waals surface area contributed by atoms with Crippen LogP contribution in [0, 0.1) is 29.6 Å². The van der Waals surface area contributed by atoms with E-state index in [2.05, 4.69) is 169 Å². The molecular formula is C52H45N. The summed E-state index contributed by atoms with van der Waals surface area (Å²) in [4.78, 5) is 0.